The monoisotopic (exact) mass is 386 g/mol. The lowest BCUT2D eigenvalue weighted by Crippen LogP contribution is -2.35. The van der Waals surface area contributed by atoms with E-state index in [-0.39, 0.29) is 6.10 Å². The zero-order valence-corrected chi connectivity index (χ0v) is 17.1. The van der Waals surface area contributed by atoms with Gasteiger partial charge in [0.2, 0.25) is 0 Å². The van der Waals surface area contributed by atoms with Gasteiger partial charge in [-0.1, -0.05) is 30.0 Å². The molecular weight excluding hydrogens is 360 g/mol. The van der Waals surface area contributed by atoms with Gasteiger partial charge in [0.25, 0.3) is 0 Å². The van der Waals surface area contributed by atoms with Gasteiger partial charge in [-0.3, -0.25) is 4.90 Å². The van der Waals surface area contributed by atoms with E-state index < -0.39 is 0 Å². The summed E-state index contributed by atoms with van der Waals surface area (Å²) in [5.74, 6) is 0.492. The van der Waals surface area contributed by atoms with Crippen LogP contribution in [0.25, 0.3) is 0 Å². The van der Waals surface area contributed by atoms with Crippen LogP contribution in [-0.2, 0) is 4.74 Å². The summed E-state index contributed by atoms with van der Waals surface area (Å²) in [5, 5.41) is 2.22. The van der Waals surface area contributed by atoms with Gasteiger partial charge >= 0.3 is 0 Å². The van der Waals surface area contributed by atoms with E-state index in [1.54, 1.807) is 0 Å². The van der Waals surface area contributed by atoms with Gasteiger partial charge in [-0.25, -0.2) is 0 Å². The molecule has 3 aliphatic rings. The first-order valence-corrected chi connectivity index (χ1v) is 11.3. The molecule has 2 saturated heterocycles. The predicted molar refractivity (Wildman–Crippen MR) is 108 cm³/mol. The summed E-state index contributed by atoms with van der Waals surface area (Å²) >= 11 is 3.78. The largest absolute Gasteiger partial charge is 0.368 e. The molecule has 5 heteroatoms. The van der Waals surface area contributed by atoms with E-state index in [0.29, 0.717) is 18.1 Å². The van der Waals surface area contributed by atoms with Crippen molar-refractivity contribution in [3.63, 3.8) is 0 Å². The fraction of sp³-hybridized carbons (Fsp3) is 0.524. The summed E-state index contributed by atoms with van der Waals surface area (Å²) in [5.41, 5.74) is 2.90. The van der Waals surface area contributed by atoms with Gasteiger partial charge in [-0.05, 0) is 56.6 Å². The highest BCUT2D eigenvalue weighted by Crippen LogP contribution is 2.54. The molecule has 0 spiro atoms. The lowest BCUT2D eigenvalue weighted by Gasteiger charge is -2.23. The Morgan fingerprint density at radius 1 is 1.19 bits per heavy atom. The Kier molecular flexibility index (Phi) is 4.62. The first kappa shape index (κ1) is 17.3. The SMILES string of the molecule is CN(C)C1CCN(CC2CC3c4ccccc4Sc4sccc4C3O2)C1. The third-order valence-electron chi connectivity index (χ3n) is 6.15. The number of nitrogens with zero attached hydrogens (tertiary/aromatic N) is 2. The van der Waals surface area contributed by atoms with Crippen molar-refractivity contribution in [1.82, 2.24) is 9.80 Å². The average Bonchev–Trinajstić information content (AvgIpc) is 3.34. The van der Waals surface area contributed by atoms with Gasteiger partial charge in [-0.15, -0.1) is 11.3 Å². The molecule has 0 N–H and O–H groups in total. The van der Waals surface area contributed by atoms with Crippen molar-refractivity contribution in [3.8, 4) is 0 Å². The highest BCUT2D eigenvalue weighted by molar-refractivity contribution is 8.01. The minimum atomic E-state index is 0.227. The summed E-state index contributed by atoms with van der Waals surface area (Å²) in [7, 11) is 4.40. The average molecular weight is 387 g/mol. The second-order valence-electron chi connectivity index (χ2n) is 7.99. The Labute approximate surface area is 164 Å². The van der Waals surface area contributed by atoms with E-state index in [0.717, 1.165) is 13.0 Å². The number of benzene rings is 1. The van der Waals surface area contributed by atoms with Crippen LogP contribution >= 0.6 is 23.1 Å². The Hall–Kier alpha value is -0.850. The zero-order chi connectivity index (χ0) is 17.7. The molecule has 0 radical (unpaired) electrons. The van der Waals surface area contributed by atoms with Crippen molar-refractivity contribution in [2.75, 3.05) is 33.7 Å². The number of rotatable bonds is 3. The van der Waals surface area contributed by atoms with Crippen LogP contribution in [0, 0.1) is 0 Å². The van der Waals surface area contributed by atoms with Crippen molar-refractivity contribution in [2.45, 2.75) is 46.1 Å². The minimum absolute atomic E-state index is 0.227. The van der Waals surface area contributed by atoms with Crippen molar-refractivity contribution in [2.24, 2.45) is 0 Å². The quantitative estimate of drug-likeness (QED) is 0.773. The first-order valence-electron chi connectivity index (χ1n) is 9.57. The maximum Gasteiger partial charge on any atom is 0.0918 e. The van der Waals surface area contributed by atoms with Crippen LogP contribution in [0.4, 0.5) is 0 Å². The fourth-order valence-corrected chi connectivity index (χ4v) is 7.00. The molecule has 2 fully saturated rings. The van der Waals surface area contributed by atoms with Gasteiger partial charge < -0.3 is 9.64 Å². The van der Waals surface area contributed by atoms with Crippen LogP contribution in [0.5, 0.6) is 0 Å². The molecular formula is C21H26N2OS2. The lowest BCUT2D eigenvalue weighted by atomic mass is 9.88. The van der Waals surface area contributed by atoms with Gasteiger partial charge in [0, 0.05) is 35.5 Å². The van der Waals surface area contributed by atoms with Crippen LogP contribution in [0.2, 0.25) is 0 Å². The molecule has 0 saturated carbocycles. The molecule has 0 amide bonds. The summed E-state index contributed by atoms with van der Waals surface area (Å²) in [6.45, 7) is 3.46. The van der Waals surface area contributed by atoms with Gasteiger partial charge in [0.15, 0.2) is 0 Å². The fourth-order valence-electron chi connectivity index (χ4n) is 4.73. The molecule has 2 aromatic rings. The maximum atomic E-state index is 6.68. The van der Waals surface area contributed by atoms with Gasteiger partial charge in [0.05, 0.1) is 16.4 Å². The third-order valence-corrected chi connectivity index (χ3v) is 8.42. The van der Waals surface area contributed by atoms with Crippen LogP contribution in [-0.4, -0.2) is 55.7 Å². The van der Waals surface area contributed by atoms with E-state index in [9.17, 15) is 0 Å². The van der Waals surface area contributed by atoms with E-state index in [1.165, 1.54) is 39.7 Å². The van der Waals surface area contributed by atoms with E-state index in [2.05, 4.69) is 59.6 Å². The molecule has 4 unspecified atom stereocenters. The number of hydrogen-bond acceptors (Lipinski definition) is 5. The van der Waals surface area contributed by atoms with Crippen molar-refractivity contribution >= 4 is 23.1 Å². The van der Waals surface area contributed by atoms with E-state index >= 15 is 0 Å². The number of hydrogen-bond donors (Lipinski definition) is 0. The summed E-state index contributed by atoms with van der Waals surface area (Å²) in [6, 6.07) is 11.9. The molecule has 4 heterocycles. The van der Waals surface area contributed by atoms with Crippen LogP contribution in [0.3, 0.4) is 0 Å². The summed E-state index contributed by atoms with van der Waals surface area (Å²) in [6.07, 6.45) is 2.99. The van der Waals surface area contributed by atoms with Gasteiger partial charge in [-0.2, -0.15) is 0 Å². The Bertz CT molecular complexity index is 790. The summed E-state index contributed by atoms with van der Waals surface area (Å²) in [4.78, 5) is 6.39. The van der Waals surface area contributed by atoms with Crippen LogP contribution in [0.1, 0.15) is 36.0 Å². The normalized spacial score (nSPS) is 30.9. The number of fused-ring (bicyclic) bond motifs is 5. The Morgan fingerprint density at radius 2 is 2.08 bits per heavy atom. The second-order valence-corrected chi connectivity index (χ2v) is 10.2. The number of likely N-dealkylation sites (N-methyl/N-ethyl adjacent to an activating group) is 1. The number of ether oxygens (including phenoxy) is 1. The molecule has 0 aliphatic carbocycles. The molecule has 138 valence electrons. The van der Waals surface area contributed by atoms with Crippen molar-refractivity contribution < 1.29 is 4.74 Å². The Balaban J connectivity index is 1.38. The first-order chi connectivity index (χ1) is 12.7. The highest BCUT2D eigenvalue weighted by Gasteiger charge is 2.42. The van der Waals surface area contributed by atoms with Crippen LogP contribution < -0.4 is 0 Å². The van der Waals surface area contributed by atoms with Crippen molar-refractivity contribution in [3.05, 3.63) is 46.8 Å². The highest BCUT2D eigenvalue weighted by atomic mass is 32.2. The zero-order valence-electron chi connectivity index (χ0n) is 15.4. The van der Waals surface area contributed by atoms with Crippen LogP contribution in [0.15, 0.2) is 44.8 Å². The molecule has 1 aromatic carbocycles. The maximum absolute atomic E-state index is 6.68. The number of thiophene rings is 1. The molecule has 26 heavy (non-hydrogen) atoms. The molecule has 4 atom stereocenters. The Morgan fingerprint density at radius 3 is 2.92 bits per heavy atom. The topological polar surface area (TPSA) is 15.7 Å². The molecule has 0 bridgehead atoms. The van der Waals surface area contributed by atoms with Gasteiger partial charge in [0.1, 0.15) is 0 Å². The lowest BCUT2D eigenvalue weighted by molar-refractivity contribution is 0.0215. The summed E-state index contributed by atoms with van der Waals surface area (Å²) < 4.78 is 8.10. The third kappa shape index (κ3) is 3.04. The molecule has 1 aromatic heterocycles. The second kappa shape index (κ2) is 6.95. The molecule has 5 rings (SSSR count). The standard InChI is InChI=1S/C21H26N2OS2/c1-22(2)14-7-9-23(12-14)13-15-11-18-16-5-3-4-6-19(16)26-21-17(8-10-25-21)20(18)24-15/h3-6,8,10,14-15,18,20H,7,9,11-13H2,1-2H3. The predicted octanol–water partition coefficient (Wildman–Crippen LogP) is 4.46. The molecule has 3 aliphatic heterocycles. The van der Waals surface area contributed by atoms with E-state index in [4.69, 9.17) is 4.74 Å². The van der Waals surface area contributed by atoms with E-state index in [1.807, 2.05) is 23.1 Å². The molecule has 3 nitrogen and oxygen atoms in total. The van der Waals surface area contributed by atoms with Crippen molar-refractivity contribution in [1.29, 1.82) is 0 Å². The smallest absolute Gasteiger partial charge is 0.0918 e. The minimum Gasteiger partial charge on any atom is -0.368 e. The number of likely N-dealkylation sites (tertiary alicyclic amines) is 1.